The lowest BCUT2D eigenvalue weighted by atomic mass is 10.2. The predicted molar refractivity (Wildman–Crippen MR) is 78.5 cm³/mol. The molecular formula is C11H10Cl2N4O2S. The molecule has 0 radical (unpaired) electrons. The molecule has 0 saturated carbocycles. The highest BCUT2D eigenvalue weighted by Gasteiger charge is 2.18. The molecule has 2 rings (SSSR count). The molecule has 0 spiro atoms. The number of benzene rings is 1. The summed E-state index contributed by atoms with van der Waals surface area (Å²) < 4.78 is 26.6. The second-order valence-corrected chi connectivity index (χ2v) is 6.37. The van der Waals surface area contributed by atoms with Crippen molar-refractivity contribution < 1.29 is 8.42 Å². The first-order valence-electron chi connectivity index (χ1n) is 5.36. The summed E-state index contributed by atoms with van der Waals surface area (Å²) in [7, 11) is -3.86. The minimum absolute atomic E-state index is 0.00593. The number of aryl methyl sites for hydroxylation is 1. The molecule has 9 heteroatoms. The van der Waals surface area contributed by atoms with E-state index in [-0.39, 0.29) is 20.9 Å². The van der Waals surface area contributed by atoms with Crippen LogP contribution in [0.15, 0.2) is 29.4 Å². The second-order valence-electron chi connectivity index (χ2n) is 3.95. The molecular weight excluding hydrogens is 323 g/mol. The van der Waals surface area contributed by atoms with Crippen molar-refractivity contribution in [2.45, 2.75) is 11.8 Å². The smallest absolute Gasteiger partial charge is 0.263 e. The lowest BCUT2D eigenvalue weighted by Crippen LogP contribution is -2.15. The van der Waals surface area contributed by atoms with Crippen LogP contribution in [0.4, 0.5) is 11.5 Å². The Morgan fingerprint density at radius 3 is 2.60 bits per heavy atom. The summed E-state index contributed by atoms with van der Waals surface area (Å²) in [6, 6.07) is 4.40. The molecule has 0 unspecified atom stereocenters. The van der Waals surface area contributed by atoms with E-state index in [2.05, 4.69) is 14.7 Å². The Balaban J connectivity index is 2.41. The summed E-state index contributed by atoms with van der Waals surface area (Å²) in [5.41, 5.74) is 6.86. The maximum Gasteiger partial charge on any atom is 0.263 e. The zero-order valence-electron chi connectivity index (χ0n) is 10.3. The van der Waals surface area contributed by atoms with Gasteiger partial charge in [-0.1, -0.05) is 29.3 Å². The highest BCUT2D eigenvalue weighted by atomic mass is 35.5. The third kappa shape index (κ3) is 2.95. The molecule has 0 bridgehead atoms. The van der Waals surface area contributed by atoms with Crippen molar-refractivity contribution in [1.82, 2.24) is 9.97 Å². The topological polar surface area (TPSA) is 98.0 Å². The van der Waals surface area contributed by atoms with Gasteiger partial charge in [0.1, 0.15) is 11.3 Å². The number of nitrogens with one attached hydrogen (secondary N) is 1. The van der Waals surface area contributed by atoms with Crippen molar-refractivity contribution in [3.63, 3.8) is 0 Å². The van der Waals surface area contributed by atoms with Gasteiger partial charge in [0, 0.05) is 5.69 Å². The fraction of sp³-hybridized carbons (Fsp3) is 0.0909. The van der Waals surface area contributed by atoms with Gasteiger partial charge in [0.2, 0.25) is 0 Å². The highest BCUT2D eigenvalue weighted by Crippen LogP contribution is 2.27. The van der Waals surface area contributed by atoms with Crippen molar-refractivity contribution >= 4 is 44.7 Å². The fourth-order valence-electron chi connectivity index (χ4n) is 1.39. The van der Waals surface area contributed by atoms with Gasteiger partial charge in [0.05, 0.1) is 4.90 Å². The molecule has 6 nitrogen and oxygen atoms in total. The van der Waals surface area contributed by atoms with E-state index in [1.807, 2.05) is 0 Å². The molecule has 1 heterocycles. The maximum absolute atomic E-state index is 12.2. The highest BCUT2D eigenvalue weighted by molar-refractivity contribution is 7.92. The van der Waals surface area contributed by atoms with Crippen LogP contribution in [0.3, 0.4) is 0 Å². The van der Waals surface area contributed by atoms with Gasteiger partial charge >= 0.3 is 0 Å². The van der Waals surface area contributed by atoms with Gasteiger partial charge in [-0.3, -0.25) is 4.72 Å². The van der Waals surface area contributed by atoms with Gasteiger partial charge in [-0.05, 0) is 24.6 Å². The molecule has 1 aromatic heterocycles. The van der Waals surface area contributed by atoms with Crippen LogP contribution in [0.5, 0.6) is 0 Å². The molecule has 20 heavy (non-hydrogen) atoms. The molecule has 0 fully saturated rings. The van der Waals surface area contributed by atoms with E-state index in [1.165, 1.54) is 12.1 Å². The van der Waals surface area contributed by atoms with Gasteiger partial charge in [-0.15, -0.1) is 0 Å². The summed E-state index contributed by atoms with van der Waals surface area (Å²) in [4.78, 5) is 7.38. The van der Waals surface area contributed by atoms with Crippen molar-refractivity contribution in [2.24, 2.45) is 0 Å². The van der Waals surface area contributed by atoms with Crippen LogP contribution >= 0.6 is 23.2 Å². The third-order valence-corrected chi connectivity index (χ3v) is 4.62. The molecule has 0 atom stereocenters. The Hall–Kier alpha value is -1.57. The van der Waals surface area contributed by atoms with Crippen LogP contribution in [0.1, 0.15) is 5.56 Å². The predicted octanol–water partition coefficient (Wildman–Crippen LogP) is 2.47. The van der Waals surface area contributed by atoms with Crippen LogP contribution in [-0.4, -0.2) is 18.4 Å². The Morgan fingerprint density at radius 2 is 1.95 bits per heavy atom. The lowest BCUT2D eigenvalue weighted by molar-refractivity contribution is 0.601. The first-order chi connectivity index (χ1) is 9.31. The Bertz CT molecular complexity index is 765. The number of hydrogen-bond donors (Lipinski definition) is 2. The fourth-order valence-corrected chi connectivity index (χ4v) is 2.78. The first-order valence-corrected chi connectivity index (χ1v) is 7.60. The largest absolute Gasteiger partial charge is 0.398 e. The number of aromatic nitrogens is 2. The van der Waals surface area contributed by atoms with Crippen LogP contribution in [0, 0.1) is 6.92 Å². The summed E-state index contributed by atoms with van der Waals surface area (Å²) in [5, 5.41) is -0.111. The summed E-state index contributed by atoms with van der Waals surface area (Å²) in [6.07, 6.45) is 1.11. The van der Waals surface area contributed by atoms with E-state index >= 15 is 0 Å². The van der Waals surface area contributed by atoms with Crippen LogP contribution in [0.2, 0.25) is 10.2 Å². The average molecular weight is 333 g/mol. The van der Waals surface area contributed by atoms with Crippen molar-refractivity contribution in [1.29, 1.82) is 0 Å². The number of rotatable bonds is 3. The standard InChI is InChI=1S/C11H10Cl2N4O2S/c1-6-2-3-7(4-8(6)14)20(18,19)17-11-9(12)10(13)15-5-16-11/h2-5H,14H2,1H3,(H,15,16,17). The molecule has 0 aliphatic carbocycles. The van der Waals surface area contributed by atoms with E-state index in [0.29, 0.717) is 5.69 Å². The molecule has 0 aliphatic heterocycles. The zero-order valence-corrected chi connectivity index (χ0v) is 12.6. The van der Waals surface area contributed by atoms with Gasteiger partial charge in [0.15, 0.2) is 11.0 Å². The molecule has 0 saturated heterocycles. The molecule has 1 aromatic carbocycles. The van der Waals surface area contributed by atoms with Gasteiger partial charge in [-0.2, -0.15) is 0 Å². The number of sulfonamides is 1. The summed E-state index contributed by atoms with van der Waals surface area (Å²) in [5.74, 6) is -0.0918. The quantitative estimate of drug-likeness (QED) is 0.664. The number of nitrogens with zero attached hydrogens (tertiary/aromatic N) is 2. The minimum atomic E-state index is -3.86. The van der Waals surface area contributed by atoms with E-state index in [0.717, 1.165) is 11.9 Å². The Kier molecular flexibility index (Phi) is 4.03. The summed E-state index contributed by atoms with van der Waals surface area (Å²) >= 11 is 11.5. The van der Waals surface area contributed by atoms with E-state index in [9.17, 15) is 8.42 Å². The number of nitrogens with two attached hydrogens (primary N) is 1. The molecule has 0 aliphatic rings. The number of nitrogen functional groups attached to an aromatic ring is 1. The van der Waals surface area contributed by atoms with Crippen LogP contribution < -0.4 is 10.5 Å². The molecule has 106 valence electrons. The van der Waals surface area contributed by atoms with Crippen molar-refractivity contribution in [3.05, 3.63) is 40.3 Å². The van der Waals surface area contributed by atoms with Crippen molar-refractivity contribution in [3.8, 4) is 0 Å². The number of halogens is 2. The Morgan fingerprint density at radius 1 is 1.25 bits per heavy atom. The van der Waals surface area contributed by atoms with E-state index < -0.39 is 10.0 Å². The van der Waals surface area contributed by atoms with Crippen LogP contribution in [0.25, 0.3) is 0 Å². The molecule has 0 amide bonds. The summed E-state index contributed by atoms with van der Waals surface area (Å²) in [6.45, 7) is 1.78. The molecule has 3 N–H and O–H groups in total. The average Bonchev–Trinajstić information content (AvgIpc) is 2.38. The normalized spacial score (nSPS) is 11.3. The van der Waals surface area contributed by atoms with Gasteiger partial charge < -0.3 is 5.73 Å². The minimum Gasteiger partial charge on any atom is -0.398 e. The number of hydrogen-bond acceptors (Lipinski definition) is 5. The van der Waals surface area contributed by atoms with E-state index in [4.69, 9.17) is 28.9 Å². The SMILES string of the molecule is Cc1ccc(S(=O)(=O)Nc2ncnc(Cl)c2Cl)cc1N. The van der Waals surface area contributed by atoms with E-state index in [1.54, 1.807) is 13.0 Å². The monoisotopic (exact) mass is 332 g/mol. The zero-order chi connectivity index (χ0) is 14.9. The lowest BCUT2D eigenvalue weighted by Gasteiger charge is -2.10. The van der Waals surface area contributed by atoms with Crippen LogP contribution in [-0.2, 0) is 10.0 Å². The maximum atomic E-state index is 12.2. The third-order valence-electron chi connectivity index (χ3n) is 2.54. The van der Waals surface area contributed by atoms with Crippen molar-refractivity contribution in [2.75, 3.05) is 10.5 Å². The first kappa shape index (κ1) is 14.8. The van der Waals surface area contributed by atoms with Gasteiger partial charge in [0.25, 0.3) is 10.0 Å². The second kappa shape index (κ2) is 5.43. The number of anilines is 2. The van der Waals surface area contributed by atoms with Gasteiger partial charge in [-0.25, -0.2) is 18.4 Å². The molecule has 2 aromatic rings. The Labute approximate surface area is 126 Å².